The normalized spacial score (nSPS) is 17.1. The Kier molecular flexibility index (Phi) is 3.53. The number of anilines is 1. The van der Waals surface area contributed by atoms with Crippen molar-refractivity contribution in [1.29, 1.82) is 0 Å². The third kappa shape index (κ3) is 2.78. The van der Waals surface area contributed by atoms with Crippen molar-refractivity contribution < 1.29 is 4.79 Å². The van der Waals surface area contributed by atoms with Crippen molar-refractivity contribution in [2.75, 3.05) is 5.32 Å². The van der Waals surface area contributed by atoms with Crippen molar-refractivity contribution in [3.8, 4) is 0 Å². The van der Waals surface area contributed by atoms with E-state index in [2.05, 4.69) is 22.4 Å². The number of nitrogens with zero attached hydrogens (tertiary/aromatic N) is 2. The third-order valence-electron chi connectivity index (χ3n) is 2.77. The molecule has 16 heavy (non-hydrogen) atoms. The highest BCUT2D eigenvalue weighted by atomic mass is 32.1. The highest BCUT2D eigenvalue weighted by Crippen LogP contribution is 2.42. The van der Waals surface area contributed by atoms with Crippen LogP contribution in [-0.2, 0) is 4.79 Å². The molecule has 0 spiro atoms. The molecule has 1 aliphatic rings. The van der Waals surface area contributed by atoms with Gasteiger partial charge in [0.1, 0.15) is 5.01 Å². The number of hydrogen-bond donors (Lipinski definition) is 1. The first kappa shape index (κ1) is 11.5. The minimum Gasteiger partial charge on any atom is -0.300 e. The van der Waals surface area contributed by atoms with Crippen LogP contribution in [0.2, 0.25) is 0 Å². The number of carbonyl (C=O) groups excluding carboxylic acids is 1. The molecule has 5 heteroatoms. The highest BCUT2D eigenvalue weighted by molar-refractivity contribution is 7.15. The van der Waals surface area contributed by atoms with Gasteiger partial charge < -0.3 is 5.32 Å². The molecule has 0 saturated heterocycles. The fourth-order valence-electron chi connectivity index (χ4n) is 1.57. The van der Waals surface area contributed by atoms with Crippen LogP contribution in [-0.4, -0.2) is 16.1 Å². The molecule has 1 atom stereocenters. The fraction of sp³-hybridized carbons (Fsp3) is 0.727. The molecular weight excluding hydrogens is 222 g/mol. The highest BCUT2D eigenvalue weighted by Gasteiger charge is 2.27. The van der Waals surface area contributed by atoms with Gasteiger partial charge in [0.25, 0.3) is 0 Å². The van der Waals surface area contributed by atoms with Gasteiger partial charge in [-0.3, -0.25) is 4.79 Å². The maximum absolute atomic E-state index is 11.7. The van der Waals surface area contributed by atoms with Crippen LogP contribution in [0.3, 0.4) is 0 Å². The fourth-order valence-corrected chi connectivity index (χ4v) is 2.49. The van der Waals surface area contributed by atoms with Crippen molar-refractivity contribution in [1.82, 2.24) is 10.2 Å². The molecule has 1 amide bonds. The molecule has 1 aromatic heterocycles. The topological polar surface area (TPSA) is 54.9 Å². The van der Waals surface area contributed by atoms with Gasteiger partial charge in [0, 0.05) is 11.8 Å². The number of amides is 1. The van der Waals surface area contributed by atoms with E-state index in [-0.39, 0.29) is 11.8 Å². The van der Waals surface area contributed by atoms with Gasteiger partial charge in [-0.2, -0.15) is 0 Å². The molecule has 1 saturated carbocycles. The second kappa shape index (κ2) is 4.91. The van der Waals surface area contributed by atoms with E-state index in [1.165, 1.54) is 24.2 Å². The quantitative estimate of drug-likeness (QED) is 0.859. The van der Waals surface area contributed by atoms with Gasteiger partial charge in [-0.25, -0.2) is 0 Å². The largest absolute Gasteiger partial charge is 0.300 e. The lowest BCUT2D eigenvalue weighted by molar-refractivity contribution is -0.119. The van der Waals surface area contributed by atoms with Crippen molar-refractivity contribution in [3.63, 3.8) is 0 Å². The Morgan fingerprint density at radius 3 is 2.94 bits per heavy atom. The van der Waals surface area contributed by atoms with E-state index in [4.69, 9.17) is 0 Å². The Bertz CT molecular complexity index is 373. The monoisotopic (exact) mass is 239 g/mol. The smallest absolute Gasteiger partial charge is 0.229 e. The zero-order chi connectivity index (χ0) is 11.5. The molecule has 0 aromatic carbocycles. The minimum atomic E-state index is 0.0540. The van der Waals surface area contributed by atoms with Crippen molar-refractivity contribution in [2.45, 2.75) is 45.4 Å². The SMILES string of the molecule is CCCC(C)C(=O)Nc1nnc(C2CC2)s1. The average molecular weight is 239 g/mol. The Balaban J connectivity index is 1.89. The van der Waals surface area contributed by atoms with Gasteiger partial charge in [0.05, 0.1) is 0 Å². The van der Waals surface area contributed by atoms with E-state index >= 15 is 0 Å². The minimum absolute atomic E-state index is 0.0540. The molecule has 1 aliphatic carbocycles. The summed E-state index contributed by atoms with van der Waals surface area (Å²) in [6, 6.07) is 0. The summed E-state index contributed by atoms with van der Waals surface area (Å²) in [7, 11) is 0. The first-order chi connectivity index (χ1) is 7.70. The van der Waals surface area contributed by atoms with E-state index < -0.39 is 0 Å². The van der Waals surface area contributed by atoms with E-state index in [0.29, 0.717) is 11.0 Å². The molecule has 1 N–H and O–H groups in total. The summed E-state index contributed by atoms with van der Waals surface area (Å²) in [6.45, 7) is 4.03. The maximum atomic E-state index is 11.7. The molecule has 0 bridgehead atoms. The van der Waals surface area contributed by atoms with Crippen molar-refractivity contribution in [3.05, 3.63) is 5.01 Å². The van der Waals surface area contributed by atoms with Crippen LogP contribution in [0.1, 0.15) is 50.5 Å². The Labute approximate surface area is 99.5 Å². The molecule has 1 fully saturated rings. The summed E-state index contributed by atoms with van der Waals surface area (Å²) in [5.41, 5.74) is 0. The Morgan fingerprint density at radius 2 is 2.31 bits per heavy atom. The van der Waals surface area contributed by atoms with Crippen LogP contribution < -0.4 is 5.32 Å². The molecule has 4 nitrogen and oxygen atoms in total. The number of carbonyl (C=O) groups is 1. The molecule has 1 heterocycles. The van der Waals surface area contributed by atoms with Gasteiger partial charge in [0.2, 0.25) is 11.0 Å². The van der Waals surface area contributed by atoms with Crippen LogP contribution in [0, 0.1) is 5.92 Å². The van der Waals surface area contributed by atoms with Crippen molar-refractivity contribution in [2.24, 2.45) is 5.92 Å². The number of nitrogens with one attached hydrogen (secondary N) is 1. The number of hydrogen-bond acceptors (Lipinski definition) is 4. The summed E-state index contributed by atoms with van der Waals surface area (Å²) in [4.78, 5) is 11.7. The van der Waals surface area contributed by atoms with Crippen LogP contribution in [0.15, 0.2) is 0 Å². The van der Waals surface area contributed by atoms with Gasteiger partial charge in [-0.15, -0.1) is 10.2 Å². The molecule has 1 unspecified atom stereocenters. The summed E-state index contributed by atoms with van der Waals surface area (Å²) in [6.07, 6.45) is 4.38. The summed E-state index contributed by atoms with van der Waals surface area (Å²) in [5, 5.41) is 12.6. The van der Waals surface area contributed by atoms with Crippen LogP contribution in [0.4, 0.5) is 5.13 Å². The second-order valence-corrected chi connectivity index (χ2v) is 5.41. The third-order valence-corrected chi connectivity index (χ3v) is 3.77. The second-order valence-electron chi connectivity index (χ2n) is 4.40. The van der Waals surface area contributed by atoms with Crippen molar-refractivity contribution >= 4 is 22.4 Å². The molecule has 88 valence electrons. The van der Waals surface area contributed by atoms with Gasteiger partial charge in [0.15, 0.2) is 0 Å². The zero-order valence-corrected chi connectivity index (χ0v) is 10.5. The number of rotatable bonds is 5. The lowest BCUT2D eigenvalue weighted by atomic mass is 10.1. The lowest BCUT2D eigenvalue weighted by Crippen LogP contribution is -2.20. The van der Waals surface area contributed by atoms with Crippen LogP contribution >= 0.6 is 11.3 Å². The molecule has 0 radical (unpaired) electrons. The van der Waals surface area contributed by atoms with E-state index in [0.717, 1.165) is 17.8 Å². The summed E-state index contributed by atoms with van der Waals surface area (Å²) < 4.78 is 0. The lowest BCUT2D eigenvalue weighted by Gasteiger charge is -2.07. The molecule has 2 rings (SSSR count). The standard InChI is InChI=1S/C11H17N3OS/c1-3-4-7(2)9(15)12-11-14-13-10(16-11)8-5-6-8/h7-8H,3-6H2,1-2H3,(H,12,14,15). The molecular formula is C11H17N3OS. The van der Waals surface area contributed by atoms with Gasteiger partial charge in [-0.05, 0) is 19.3 Å². The molecule has 0 aliphatic heterocycles. The van der Waals surface area contributed by atoms with E-state index in [1.54, 1.807) is 0 Å². The average Bonchev–Trinajstić information content (AvgIpc) is 3.01. The first-order valence-corrected chi connectivity index (χ1v) is 6.66. The predicted octanol–water partition coefficient (Wildman–Crippen LogP) is 2.79. The zero-order valence-electron chi connectivity index (χ0n) is 9.69. The number of aromatic nitrogens is 2. The van der Waals surface area contributed by atoms with Gasteiger partial charge >= 0.3 is 0 Å². The van der Waals surface area contributed by atoms with Crippen LogP contribution in [0.25, 0.3) is 0 Å². The predicted molar refractivity (Wildman–Crippen MR) is 64.6 cm³/mol. The van der Waals surface area contributed by atoms with Gasteiger partial charge in [-0.1, -0.05) is 31.6 Å². The van der Waals surface area contributed by atoms with E-state index in [9.17, 15) is 4.79 Å². The Morgan fingerprint density at radius 1 is 1.56 bits per heavy atom. The maximum Gasteiger partial charge on any atom is 0.229 e. The summed E-state index contributed by atoms with van der Waals surface area (Å²) >= 11 is 1.51. The van der Waals surface area contributed by atoms with E-state index in [1.807, 2.05) is 6.92 Å². The Hall–Kier alpha value is -0.970. The summed E-state index contributed by atoms with van der Waals surface area (Å²) in [5.74, 6) is 0.717. The first-order valence-electron chi connectivity index (χ1n) is 5.85. The molecule has 1 aromatic rings. The van der Waals surface area contributed by atoms with Crippen LogP contribution in [0.5, 0.6) is 0 Å².